The summed E-state index contributed by atoms with van der Waals surface area (Å²) >= 11 is 3.52. The van der Waals surface area contributed by atoms with Crippen LogP contribution in [0.25, 0.3) is 0 Å². The van der Waals surface area contributed by atoms with Crippen molar-refractivity contribution in [3.8, 4) is 17.5 Å². The van der Waals surface area contributed by atoms with E-state index in [2.05, 4.69) is 20.9 Å². The van der Waals surface area contributed by atoms with Gasteiger partial charge in [-0.3, -0.25) is 0 Å². The molecule has 1 aromatic heterocycles. The van der Waals surface area contributed by atoms with Crippen LogP contribution in [0.2, 0.25) is 0 Å². The van der Waals surface area contributed by atoms with E-state index in [0.717, 1.165) is 15.6 Å². The Bertz CT molecular complexity index is 1220. The van der Waals surface area contributed by atoms with Crippen molar-refractivity contribution < 1.29 is 24.4 Å². The molecule has 2 heterocycles. The van der Waals surface area contributed by atoms with Crippen molar-refractivity contribution in [2.75, 3.05) is 34.9 Å². The number of rotatable bonds is 6. The van der Waals surface area contributed by atoms with Crippen LogP contribution >= 0.6 is 15.9 Å². The van der Waals surface area contributed by atoms with Gasteiger partial charge in [0.2, 0.25) is 11.8 Å². The Morgan fingerprint density at radius 2 is 1.74 bits per heavy atom. The molecule has 0 radical (unpaired) electrons. The zero-order chi connectivity index (χ0) is 25.0. The summed E-state index contributed by atoms with van der Waals surface area (Å²) in [5, 5.41) is 24.7. The first-order chi connectivity index (χ1) is 16.8. The minimum absolute atomic E-state index is 0.164. The average molecular weight is 541 g/mol. The van der Waals surface area contributed by atoms with Gasteiger partial charge in [-0.25, -0.2) is 0 Å². The molecule has 0 saturated heterocycles. The molecule has 0 bridgehead atoms. The topological polar surface area (TPSA) is 84.3 Å². The molecule has 184 valence electrons. The number of halogens is 1. The molecule has 1 aliphatic carbocycles. The van der Waals surface area contributed by atoms with E-state index in [1.807, 2.05) is 73.6 Å². The fourth-order valence-electron chi connectivity index (χ4n) is 5.99. The predicted molar refractivity (Wildman–Crippen MR) is 135 cm³/mol. The van der Waals surface area contributed by atoms with Gasteiger partial charge in [0.15, 0.2) is 11.2 Å². The minimum atomic E-state index is -1.85. The van der Waals surface area contributed by atoms with Gasteiger partial charge in [0.25, 0.3) is 0 Å². The smallest absolute Gasteiger partial charge is 0.226 e. The van der Waals surface area contributed by atoms with Crippen molar-refractivity contribution in [1.29, 1.82) is 0 Å². The van der Waals surface area contributed by atoms with E-state index in [-0.39, 0.29) is 11.8 Å². The van der Waals surface area contributed by atoms with E-state index in [1.165, 1.54) is 14.2 Å². The number of hydrogen-bond acceptors (Lipinski definition) is 7. The van der Waals surface area contributed by atoms with Gasteiger partial charge in [0, 0.05) is 28.9 Å². The summed E-state index contributed by atoms with van der Waals surface area (Å²) < 4.78 is 18.7. The molecule has 7 nitrogen and oxygen atoms in total. The Hall–Kier alpha value is -2.65. The molecule has 1 saturated carbocycles. The van der Waals surface area contributed by atoms with E-state index in [9.17, 15) is 10.2 Å². The first-order valence-corrected chi connectivity index (χ1v) is 12.3. The lowest BCUT2D eigenvalue weighted by Gasteiger charge is -2.41. The fraction of sp³-hybridized carbons (Fsp3) is 0.370. The highest BCUT2D eigenvalue weighted by atomic mass is 79.9. The Kier molecular flexibility index (Phi) is 6.04. The summed E-state index contributed by atoms with van der Waals surface area (Å²) in [4.78, 5) is 6.45. The fourth-order valence-corrected chi connectivity index (χ4v) is 6.25. The molecule has 1 fully saturated rings. The molecule has 2 aromatic carbocycles. The lowest BCUT2D eigenvalue weighted by atomic mass is 9.71. The van der Waals surface area contributed by atoms with Crippen LogP contribution in [0.3, 0.4) is 0 Å². The van der Waals surface area contributed by atoms with Crippen molar-refractivity contribution in [2.24, 2.45) is 5.92 Å². The van der Waals surface area contributed by atoms with E-state index < -0.39 is 23.2 Å². The number of nitrogens with zero attached hydrogens (tertiary/aromatic N) is 2. The van der Waals surface area contributed by atoms with Gasteiger partial charge in [-0.15, -0.1) is 0 Å². The molecule has 5 rings (SSSR count). The maximum atomic E-state index is 12.7. The Labute approximate surface area is 213 Å². The van der Waals surface area contributed by atoms with Crippen LogP contribution in [-0.2, 0) is 11.2 Å². The summed E-state index contributed by atoms with van der Waals surface area (Å²) in [7, 11) is 6.91. The third kappa shape index (κ3) is 3.38. The highest BCUT2D eigenvalue weighted by Gasteiger charge is 2.77. The summed E-state index contributed by atoms with van der Waals surface area (Å²) in [5.74, 6) is 0.0849. The van der Waals surface area contributed by atoms with Gasteiger partial charge < -0.3 is 29.3 Å². The van der Waals surface area contributed by atoms with Gasteiger partial charge in [0.1, 0.15) is 5.75 Å². The standard InChI is InChI=1S/C27H29BrN2O5/c1-30(2)15-19-22(16-8-6-5-7-9-16)27(17-10-12-18(28)13-11-17)26(32,24(19)31)23-20(35-27)14-21(33-3)29-25(23)34-4/h5-14,19,22,24,31-32H,15H2,1-4H3/t19-,22-,24-,26+,27+/m1/s1. The summed E-state index contributed by atoms with van der Waals surface area (Å²) in [6.45, 7) is 0.534. The maximum absolute atomic E-state index is 12.7. The molecule has 0 amide bonds. The number of aliphatic hydroxyl groups excluding tert-OH is 1. The van der Waals surface area contributed by atoms with E-state index in [1.54, 1.807) is 6.07 Å². The minimum Gasteiger partial charge on any atom is -0.481 e. The van der Waals surface area contributed by atoms with Crippen LogP contribution in [-0.4, -0.2) is 61.1 Å². The monoisotopic (exact) mass is 540 g/mol. The molecule has 3 aromatic rings. The molecule has 35 heavy (non-hydrogen) atoms. The van der Waals surface area contributed by atoms with Gasteiger partial charge in [-0.05, 0) is 37.4 Å². The van der Waals surface area contributed by atoms with E-state index in [0.29, 0.717) is 23.7 Å². The molecular weight excluding hydrogens is 512 g/mol. The van der Waals surface area contributed by atoms with E-state index in [4.69, 9.17) is 14.2 Å². The Morgan fingerprint density at radius 1 is 1.06 bits per heavy atom. The normalized spacial score (nSPS) is 29.0. The lowest BCUT2D eigenvalue weighted by molar-refractivity contribution is -0.152. The summed E-state index contributed by atoms with van der Waals surface area (Å²) in [6.07, 6.45) is -1.18. The molecule has 2 aliphatic rings. The van der Waals surface area contributed by atoms with Crippen LogP contribution < -0.4 is 14.2 Å². The molecule has 1 aliphatic heterocycles. The third-order valence-corrected chi connectivity index (χ3v) is 7.78. The molecule has 5 atom stereocenters. The molecule has 2 N–H and O–H groups in total. The van der Waals surface area contributed by atoms with Crippen LogP contribution in [0.1, 0.15) is 22.6 Å². The second kappa shape index (κ2) is 8.78. The third-order valence-electron chi connectivity index (χ3n) is 7.25. The second-order valence-electron chi connectivity index (χ2n) is 9.42. The number of pyridine rings is 1. The number of methoxy groups -OCH3 is 2. The number of aromatic nitrogens is 1. The highest BCUT2D eigenvalue weighted by Crippen LogP contribution is 2.69. The summed E-state index contributed by atoms with van der Waals surface area (Å²) in [6, 6.07) is 19.3. The average Bonchev–Trinajstić information content (AvgIpc) is 3.22. The molecule has 0 spiro atoms. The highest BCUT2D eigenvalue weighted by molar-refractivity contribution is 9.10. The Morgan fingerprint density at radius 3 is 2.34 bits per heavy atom. The van der Waals surface area contributed by atoms with Crippen molar-refractivity contribution >= 4 is 15.9 Å². The predicted octanol–water partition coefficient (Wildman–Crippen LogP) is 3.67. The van der Waals surface area contributed by atoms with E-state index >= 15 is 0 Å². The summed E-state index contributed by atoms with van der Waals surface area (Å²) in [5.41, 5.74) is -1.15. The van der Waals surface area contributed by atoms with Gasteiger partial charge >= 0.3 is 0 Å². The van der Waals surface area contributed by atoms with Crippen molar-refractivity contribution in [3.05, 3.63) is 81.8 Å². The van der Waals surface area contributed by atoms with Crippen LogP contribution in [0.4, 0.5) is 0 Å². The largest absolute Gasteiger partial charge is 0.481 e. The van der Waals surface area contributed by atoms with Crippen LogP contribution in [0.15, 0.2) is 65.1 Å². The second-order valence-corrected chi connectivity index (χ2v) is 10.3. The van der Waals surface area contributed by atoms with Gasteiger partial charge in [-0.1, -0.05) is 58.4 Å². The zero-order valence-corrected chi connectivity index (χ0v) is 21.7. The first-order valence-electron chi connectivity index (χ1n) is 11.5. The molecular formula is C27H29BrN2O5. The number of fused-ring (bicyclic) bond motifs is 3. The molecule has 0 unspecified atom stereocenters. The molecule has 8 heteroatoms. The number of benzene rings is 2. The quantitative estimate of drug-likeness (QED) is 0.493. The number of hydrogen-bond donors (Lipinski definition) is 2. The Balaban J connectivity index is 1.86. The van der Waals surface area contributed by atoms with Gasteiger partial charge in [-0.2, -0.15) is 4.98 Å². The number of ether oxygens (including phenoxy) is 3. The van der Waals surface area contributed by atoms with Gasteiger partial charge in [0.05, 0.1) is 25.9 Å². The van der Waals surface area contributed by atoms with Crippen LogP contribution in [0, 0.1) is 5.92 Å². The number of aliphatic hydroxyl groups is 2. The first kappa shape index (κ1) is 24.1. The van der Waals surface area contributed by atoms with Crippen molar-refractivity contribution in [2.45, 2.75) is 23.2 Å². The SMILES string of the molecule is COc1cc2c(c(OC)n1)[C@]1(O)[C@H](O)[C@H](CN(C)C)[C@@H](c3ccccc3)[C@]1(c1ccc(Br)cc1)O2. The van der Waals surface area contributed by atoms with Crippen molar-refractivity contribution in [3.63, 3.8) is 0 Å². The maximum Gasteiger partial charge on any atom is 0.226 e. The lowest BCUT2D eigenvalue weighted by Crippen LogP contribution is -2.52. The van der Waals surface area contributed by atoms with Crippen LogP contribution in [0.5, 0.6) is 17.5 Å². The van der Waals surface area contributed by atoms with Crippen molar-refractivity contribution in [1.82, 2.24) is 9.88 Å². The zero-order valence-electron chi connectivity index (χ0n) is 20.1.